The number of hydrogen-bond donors (Lipinski definition) is 1. The molecule has 0 unspecified atom stereocenters. The van der Waals surface area contributed by atoms with Crippen LogP contribution in [-0.4, -0.2) is 43.8 Å². The number of benzene rings is 1. The van der Waals surface area contributed by atoms with Crippen molar-refractivity contribution in [2.75, 3.05) is 32.9 Å². The van der Waals surface area contributed by atoms with Gasteiger partial charge in [0.2, 0.25) is 0 Å². The van der Waals surface area contributed by atoms with Gasteiger partial charge in [-0.25, -0.2) is 5.01 Å². The van der Waals surface area contributed by atoms with E-state index >= 15 is 0 Å². The van der Waals surface area contributed by atoms with Crippen molar-refractivity contribution in [1.82, 2.24) is 10.4 Å². The molecule has 0 atom stereocenters. The summed E-state index contributed by atoms with van der Waals surface area (Å²) < 4.78 is 10.5. The number of hydrazine groups is 1. The highest BCUT2D eigenvalue weighted by molar-refractivity contribution is 6.35. The van der Waals surface area contributed by atoms with Gasteiger partial charge in [0.05, 0.1) is 18.2 Å². The Bertz CT molecular complexity index is 451. The fraction of sp³-hybridized carbons (Fsp3) is 0.417. The standard InChI is InChI=1S/C12H14Cl2N2O3/c13-9-1-2-11(10(14)7-9)19-8-12(17)15-16-3-5-18-6-4-16/h1-2,7H,3-6,8H2,(H,15,17). The summed E-state index contributed by atoms with van der Waals surface area (Å²) in [6, 6.07) is 4.85. The molecule has 0 saturated carbocycles. The molecular weight excluding hydrogens is 291 g/mol. The van der Waals surface area contributed by atoms with Crippen LogP contribution in [0.25, 0.3) is 0 Å². The number of hydrogen-bond acceptors (Lipinski definition) is 4. The molecule has 1 amide bonds. The van der Waals surface area contributed by atoms with Crippen molar-refractivity contribution in [1.29, 1.82) is 0 Å². The van der Waals surface area contributed by atoms with Crippen LogP contribution < -0.4 is 10.2 Å². The lowest BCUT2D eigenvalue weighted by molar-refractivity contribution is -0.130. The molecule has 0 aromatic heterocycles. The third-order valence-electron chi connectivity index (χ3n) is 2.55. The molecule has 104 valence electrons. The van der Waals surface area contributed by atoms with E-state index in [2.05, 4.69) is 5.43 Å². The van der Waals surface area contributed by atoms with Crippen LogP contribution in [0.2, 0.25) is 10.0 Å². The minimum Gasteiger partial charge on any atom is -0.482 e. The largest absolute Gasteiger partial charge is 0.482 e. The van der Waals surface area contributed by atoms with Crippen LogP contribution in [0.3, 0.4) is 0 Å². The minimum absolute atomic E-state index is 0.0985. The zero-order valence-electron chi connectivity index (χ0n) is 10.2. The summed E-state index contributed by atoms with van der Waals surface area (Å²) in [5.74, 6) is 0.205. The second-order valence-electron chi connectivity index (χ2n) is 4.00. The maximum Gasteiger partial charge on any atom is 0.272 e. The van der Waals surface area contributed by atoms with E-state index in [4.69, 9.17) is 32.7 Å². The van der Waals surface area contributed by atoms with Gasteiger partial charge in [0.25, 0.3) is 5.91 Å². The molecule has 0 spiro atoms. The number of morpholine rings is 1. The highest BCUT2D eigenvalue weighted by Crippen LogP contribution is 2.27. The molecule has 2 rings (SSSR count). The van der Waals surface area contributed by atoms with Crippen LogP contribution in [0.4, 0.5) is 0 Å². The van der Waals surface area contributed by atoms with E-state index in [0.717, 1.165) is 0 Å². The number of halogens is 2. The Morgan fingerprint density at radius 1 is 1.37 bits per heavy atom. The zero-order chi connectivity index (χ0) is 13.7. The topological polar surface area (TPSA) is 50.8 Å². The second-order valence-corrected chi connectivity index (χ2v) is 4.84. The number of rotatable bonds is 4. The van der Waals surface area contributed by atoms with Crippen molar-refractivity contribution in [2.45, 2.75) is 0 Å². The van der Waals surface area contributed by atoms with Gasteiger partial charge in [0, 0.05) is 18.1 Å². The number of carbonyl (C=O) groups excluding carboxylic acids is 1. The summed E-state index contributed by atoms with van der Waals surface area (Å²) in [6.07, 6.45) is 0. The lowest BCUT2D eigenvalue weighted by Gasteiger charge is -2.26. The molecular formula is C12H14Cl2N2O3. The third kappa shape index (κ3) is 4.54. The molecule has 0 radical (unpaired) electrons. The van der Waals surface area contributed by atoms with Crippen LogP contribution in [0, 0.1) is 0 Å². The van der Waals surface area contributed by atoms with Crippen molar-refractivity contribution in [3.63, 3.8) is 0 Å². The Hall–Kier alpha value is -1.01. The van der Waals surface area contributed by atoms with Crippen molar-refractivity contribution in [3.05, 3.63) is 28.2 Å². The molecule has 1 aromatic carbocycles. The van der Waals surface area contributed by atoms with Crippen LogP contribution in [0.5, 0.6) is 5.75 Å². The zero-order valence-corrected chi connectivity index (χ0v) is 11.7. The van der Waals surface area contributed by atoms with E-state index in [1.54, 1.807) is 23.2 Å². The average molecular weight is 305 g/mol. The minimum atomic E-state index is -0.229. The number of amides is 1. The molecule has 1 N–H and O–H groups in total. The van der Waals surface area contributed by atoms with Gasteiger partial charge in [-0.2, -0.15) is 0 Å². The Morgan fingerprint density at radius 2 is 2.11 bits per heavy atom. The fourth-order valence-electron chi connectivity index (χ4n) is 1.62. The number of ether oxygens (including phenoxy) is 2. The first-order valence-electron chi connectivity index (χ1n) is 5.85. The molecule has 1 aromatic rings. The molecule has 5 nitrogen and oxygen atoms in total. The van der Waals surface area contributed by atoms with Crippen LogP contribution in [-0.2, 0) is 9.53 Å². The molecule has 1 fully saturated rings. The Morgan fingerprint density at radius 3 is 2.79 bits per heavy atom. The molecule has 0 aliphatic carbocycles. The molecule has 1 aliphatic rings. The van der Waals surface area contributed by atoms with E-state index in [0.29, 0.717) is 42.1 Å². The summed E-state index contributed by atoms with van der Waals surface area (Å²) >= 11 is 11.7. The Kier molecular flexibility index (Phi) is 5.27. The monoisotopic (exact) mass is 304 g/mol. The first-order chi connectivity index (χ1) is 9.15. The lowest BCUT2D eigenvalue weighted by atomic mass is 10.3. The van der Waals surface area contributed by atoms with E-state index in [9.17, 15) is 4.79 Å². The number of carbonyl (C=O) groups is 1. The van der Waals surface area contributed by atoms with Gasteiger partial charge in [0.15, 0.2) is 6.61 Å². The summed E-state index contributed by atoms with van der Waals surface area (Å²) in [6.45, 7) is 2.48. The van der Waals surface area contributed by atoms with Crippen molar-refractivity contribution >= 4 is 29.1 Å². The summed E-state index contributed by atoms with van der Waals surface area (Å²) in [4.78, 5) is 11.7. The number of nitrogens with one attached hydrogen (secondary N) is 1. The second kappa shape index (κ2) is 6.96. The molecule has 7 heteroatoms. The smallest absolute Gasteiger partial charge is 0.272 e. The lowest BCUT2D eigenvalue weighted by Crippen LogP contribution is -2.49. The normalized spacial score (nSPS) is 16.1. The van der Waals surface area contributed by atoms with Gasteiger partial charge in [-0.15, -0.1) is 0 Å². The summed E-state index contributed by atoms with van der Waals surface area (Å²) in [7, 11) is 0. The summed E-state index contributed by atoms with van der Waals surface area (Å²) in [5, 5.41) is 2.71. The van der Waals surface area contributed by atoms with E-state index in [1.807, 2.05) is 0 Å². The van der Waals surface area contributed by atoms with Gasteiger partial charge in [0.1, 0.15) is 5.75 Å². The van der Waals surface area contributed by atoms with Gasteiger partial charge in [-0.1, -0.05) is 23.2 Å². The molecule has 1 aliphatic heterocycles. The van der Waals surface area contributed by atoms with Crippen LogP contribution >= 0.6 is 23.2 Å². The first kappa shape index (κ1) is 14.4. The average Bonchev–Trinajstić information content (AvgIpc) is 2.39. The van der Waals surface area contributed by atoms with E-state index in [-0.39, 0.29) is 12.5 Å². The van der Waals surface area contributed by atoms with Crippen molar-refractivity contribution in [3.8, 4) is 5.75 Å². The SMILES string of the molecule is O=C(COc1ccc(Cl)cc1Cl)NN1CCOCC1. The summed E-state index contributed by atoms with van der Waals surface area (Å²) in [5.41, 5.74) is 2.74. The molecule has 1 heterocycles. The van der Waals surface area contributed by atoms with Gasteiger partial charge >= 0.3 is 0 Å². The van der Waals surface area contributed by atoms with Gasteiger partial charge in [-0.05, 0) is 18.2 Å². The number of nitrogens with zero attached hydrogens (tertiary/aromatic N) is 1. The Balaban J connectivity index is 1.79. The van der Waals surface area contributed by atoms with Crippen LogP contribution in [0.15, 0.2) is 18.2 Å². The Labute approximate surface area is 121 Å². The third-order valence-corrected chi connectivity index (χ3v) is 3.08. The predicted octanol–water partition coefficient (Wildman–Crippen LogP) is 1.74. The quantitative estimate of drug-likeness (QED) is 0.920. The highest BCUT2D eigenvalue weighted by atomic mass is 35.5. The molecule has 0 bridgehead atoms. The maximum absolute atomic E-state index is 11.7. The highest BCUT2D eigenvalue weighted by Gasteiger charge is 2.13. The van der Waals surface area contributed by atoms with E-state index in [1.165, 1.54) is 0 Å². The predicted molar refractivity (Wildman–Crippen MR) is 72.5 cm³/mol. The molecule has 19 heavy (non-hydrogen) atoms. The fourth-order valence-corrected chi connectivity index (χ4v) is 2.08. The van der Waals surface area contributed by atoms with Gasteiger partial charge < -0.3 is 9.47 Å². The first-order valence-corrected chi connectivity index (χ1v) is 6.61. The van der Waals surface area contributed by atoms with E-state index < -0.39 is 0 Å². The van der Waals surface area contributed by atoms with Crippen molar-refractivity contribution < 1.29 is 14.3 Å². The van der Waals surface area contributed by atoms with Crippen LogP contribution in [0.1, 0.15) is 0 Å². The van der Waals surface area contributed by atoms with Crippen molar-refractivity contribution in [2.24, 2.45) is 0 Å². The van der Waals surface area contributed by atoms with Gasteiger partial charge in [-0.3, -0.25) is 10.2 Å². The molecule has 1 saturated heterocycles. The maximum atomic E-state index is 11.7.